The van der Waals surface area contributed by atoms with E-state index >= 15 is 0 Å². The van der Waals surface area contributed by atoms with Gasteiger partial charge in [0.25, 0.3) is 5.91 Å². The average Bonchev–Trinajstić information content (AvgIpc) is 2.75. The molecule has 1 aromatic heterocycles. The molecule has 7 nitrogen and oxygen atoms in total. The number of halogens is 1. The molecule has 1 aromatic carbocycles. The monoisotopic (exact) mass is 415 g/mol. The standard InChI is InChI=1S/C21H26ClN5O2/c22-17-3-1-2-16(14-17)15-26-8-10-27(11-9-26)20-5-4-19(24-25-20)21(28)23-18-6-12-29-13-7-18/h1-5,14,18H,6-13,15H2,(H,23,28). The van der Waals surface area contributed by atoms with Gasteiger partial charge in [0.2, 0.25) is 0 Å². The van der Waals surface area contributed by atoms with Crippen molar-refractivity contribution >= 4 is 23.3 Å². The fourth-order valence-electron chi connectivity index (χ4n) is 3.74. The van der Waals surface area contributed by atoms with Crippen LogP contribution < -0.4 is 10.2 Å². The summed E-state index contributed by atoms with van der Waals surface area (Å²) in [6.07, 6.45) is 1.69. The van der Waals surface area contributed by atoms with Crippen LogP contribution >= 0.6 is 11.6 Å². The maximum absolute atomic E-state index is 12.4. The third-order valence-electron chi connectivity index (χ3n) is 5.43. The van der Waals surface area contributed by atoms with Crippen LogP contribution in [0, 0.1) is 0 Å². The Labute approximate surface area is 176 Å². The van der Waals surface area contributed by atoms with Gasteiger partial charge in [-0.1, -0.05) is 23.7 Å². The number of carbonyl (C=O) groups is 1. The first-order valence-electron chi connectivity index (χ1n) is 10.1. The summed E-state index contributed by atoms with van der Waals surface area (Å²) in [6.45, 7) is 5.93. The van der Waals surface area contributed by atoms with Crippen molar-refractivity contribution in [1.82, 2.24) is 20.4 Å². The Morgan fingerprint density at radius 3 is 2.59 bits per heavy atom. The molecule has 2 saturated heterocycles. The summed E-state index contributed by atoms with van der Waals surface area (Å²) in [7, 11) is 0. The van der Waals surface area contributed by atoms with Gasteiger partial charge in [0.05, 0.1) is 0 Å². The van der Waals surface area contributed by atoms with E-state index in [0.29, 0.717) is 18.9 Å². The van der Waals surface area contributed by atoms with Gasteiger partial charge in [-0.2, -0.15) is 0 Å². The average molecular weight is 416 g/mol. The number of rotatable bonds is 5. The lowest BCUT2D eigenvalue weighted by Crippen LogP contribution is -2.46. The van der Waals surface area contributed by atoms with Crippen molar-refractivity contribution in [1.29, 1.82) is 0 Å². The normalized spacial score (nSPS) is 18.6. The molecule has 0 unspecified atom stereocenters. The van der Waals surface area contributed by atoms with Crippen LogP contribution in [0.5, 0.6) is 0 Å². The number of benzene rings is 1. The van der Waals surface area contributed by atoms with E-state index in [1.807, 2.05) is 24.3 Å². The number of anilines is 1. The van der Waals surface area contributed by atoms with Crippen molar-refractivity contribution < 1.29 is 9.53 Å². The highest BCUT2D eigenvalue weighted by molar-refractivity contribution is 6.30. The molecule has 0 aliphatic carbocycles. The summed E-state index contributed by atoms with van der Waals surface area (Å²) < 4.78 is 5.32. The zero-order valence-electron chi connectivity index (χ0n) is 16.4. The number of hydrogen-bond acceptors (Lipinski definition) is 6. The smallest absolute Gasteiger partial charge is 0.272 e. The van der Waals surface area contributed by atoms with Gasteiger partial charge in [0.1, 0.15) is 0 Å². The van der Waals surface area contributed by atoms with Gasteiger partial charge in [0.15, 0.2) is 11.5 Å². The predicted molar refractivity (Wildman–Crippen MR) is 112 cm³/mol. The fraction of sp³-hybridized carbons (Fsp3) is 0.476. The Morgan fingerprint density at radius 2 is 1.90 bits per heavy atom. The highest BCUT2D eigenvalue weighted by Crippen LogP contribution is 2.17. The van der Waals surface area contributed by atoms with Crippen molar-refractivity contribution in [2.75, 3.05) is 44.3 Å². The van der Waals surface area contributed by atoms with Crippen LogP contribution in [0.3, 0.4) is 0 Å². The second-order valence-electron chi connectivity index (χ2n) is 7.53. The van der Waals surface area contributed by atoms with E-state index < -0.39 is 0 Å². The van der Waals surface area contributed by atoms with Crippen molar-refractivity contribution in [3.63, 3.8) is 0 Å². The first-order valence-corrected chi connectivity index (χ1v) is 10.5. The van der Waals surface area contributed by atoms with E-state index in [1.54, 1.807) is 6.07 Å². The number of piperazine rings is 1. The van der Waals surface area contributed by atoms with Crippen LogP contribution in [-0.4, -0.2) is 66.4 Å². The van der Waals surface area contributed by atoms with Crippen molar-refractivity contribution in [2.45, 2.75) is 25.4 Å². The Morgan fingerprint density at radius 1 is 1.10 bits per heavy atom. The number of aromatic nitrogens is 2. The molecule has 29 heavy (non-hydrogen) atoms. The van der Waals surface area contributed by atoms with E-state index in [2.05, 4.69) is 31.4 Å². The molecular formula is C21H26ClN5O2. The number of amides is 1. The summed E-state index contributed by atoms with van der Waals surface area (Å²) in [4.78, 5) is 17.0. The van der Waals surface area contributed by atoms with Crippen LogP contribution in [-0.2, 0) is 11.3 Å². The lowest BCUT2D eigenvalue weighted by atomic mass is 10.1. The van der Waals surface area contributed by atoms with E-state index in [4.69, 9.17) is 16.3 Å². The van der Waals surface area contributed by atoms with Gasteiger partial charge in [-0.15, -0.1) is 10.2 Å². The largest absolute Gasteiger partial charge is 0.381 e. The third-order valence-corrected chi connectivity index (χ3v) is 5.67. The zero-order chi connectivity index (χ0) is 20.1. The van der Waals surface area contributed by atoms with Gasteiger partial charge in [-0.3, -0.25) is 9.69 Å². The van der Waals surface area contributed by atoms with Gasteiger partial charge in [-0.25, -0.2) is 0 Å². The third kappa shape index (κ3) is 5.44. The lowest BCUT2D eigenvalue weighted by Gasteiger charge is -2.35. The van der Waals surface area contributed by atoms with Crippen LogP contribution in [0.1, 0.15) is 28.9 Å². The highest BCUT2D eigenvalue weighted by atomic mass is 35.5. The van der Waals surface area contributed by atoms with Gasteiger partial charge >= 0.3 is 0 Å². The van der Waals surface area contributed by atoms with Crippen molar-refractivity contribution in [2.24, 2.45) is 0 Å². The maximum Gasteiger partial charge on any atom is 0.272 e. The first-order chi connectivity index (χ1) is 14.2. The molecule has 0 atom stereocenters. The highest BCUT2D eigenvalue weighted by Gasteiger charge is 2.21. The first kappa shape index (κ1) is 20.1. The van der Waals surface area contributed by atoms with Crippen molar-refractivity contribution in [3.8, 4) is 0 Å². The number of carbonyl (C=O) groups excluding carboxylic acids is 1. The molecule has 0 bridgehead atoms. The topological polar surface area (TPSA) is 70.6 Å². The predicted octanol–water partition coefficient (Wildman–Crippen LogP) is 2.36. The van der Waals surface area contributed by atoms with Crippen molar-refractivity contribution in [3.05, 3.63) is 52.7 Å². The minimum atomic E-state index is -0.165. The quantitative estimate of drug-likeness (QED) is 0.808. The summed E-state index contributed by atoms with van der Waals surface area (Å²) in [5.41, 5.74) is 1.59. The molecule has 8 heteroatoms. The Hall–Kier alpha value is -2.22. The van der Waals surface area contributed by atoms with Crippen LogP contribution in [0.4, 0.5) is 5.82 Å². The minimum Gasteiger partial charge on any atom is -0.381 e. The Kier molecular flexibility index (Phi) is 6.59. The van der Waals surface area contributed by atoms with Gasteiger partial charge in [-0.05, 0) is 42.7 Å². The van der Waals surface area contributed by atoms with Crippen LogP contribution in [0.15, 0.2) is 36.4 Å². The van der Waals surface area contributed by atoms with E-state index in [0.717, 1.165) is 56.4 Å². The summed E-state index contributed by atoms with van der Waals surface area (Å²) in [5, 5.41) is 12.2. The molecule has 4 rings (SSSR count). The number of nitrogens with one attached hydrogen (secondary N) is 1. The molecular weight excluding hydrogens is 390 g/mol. The summed E-state index contributed by atoms with van der Waals surface area (Å²) >= 11 is 6.08. The number of ether oxygens (including phenoxy) is 1. The molecule has 2 aromatic rings. The fourth-order valence-corrected chi connectivity index (χ4v) is 3.96. The molecule has 0 radical (unpaired) electrons. The second-order valence-corrected chi connectivity index (χ2v) is 7.97. The second kappa shape index (κ2) is 9.52. The Balaban J connectivity index is 1.28. The summed E-state index contributed by atoms with van der Waals surface area (Å²) in [5.74, 6) is 0.650. The summed E-state index contributed by atoms with van der Waals surface area (Å²) in [6, 6.07) is 11.8. The SMILES string of the molecule is O=C(NC1CCOCC1)c1ccc(N2CCN(Cc3cccc(Cl)c3)CC2)nn1. The molecule has 2 fully saturated rings. The molecule has 0 saturated carbocycles. The minimum absolute atomic E-state index is 0.158. The molecule has 1 amide bonds. The molecule has 0 spiro atoms. The molecule has 3 heterocycles. The Bertz CT molecular complexity index is 818. The van der Waals surface area contributed by atoms with Crippen LogP contribution in [0.2, 0.25) is 5.02 Å². The van der Waals surface area contributed by atoms with E-state index in [9.17, 15) is 4.79 Å². The number of nitrogens with zero attached hydrogens (tertiary/aromatic N) is 4. The number of hydrogen-bond donors (Lipinski definition) is 1. The molecule has 1 N–H and O–H groups in total. The van der Waals surface area contributed by atoms with Crippen LogP contribution in [0.25, 0.3) is 0 Å². The maximum atomic E-state index is 12.4. The zero-order valence-corrected chi connectivity index (χ0v) is 17.1. The molecule has 2 aliphatic rings. The van der Waals surface area contributed by atoms with Gasteiger partial charge < -0.3 is 15.0 Å². The molecule has 154 valence electrons. The molecule has 2 aliphatic heterocycles. The lowest BCUT2D eigenvalue weighted by molar-refractivity contribution is 0.0693. The van der Waals surface area contributed by atoms with Gasteiger partial charge in [0, 0.05) is 57.0 Å². The van der Waals surface area contributed by atoms with E-state index in [-0.39, 0.29) is 11.9 Å². The van der Waals surface area contributed by atoms with E-state index in [1.165, 1.54) is 5.56 Å².